The molecule has 0 unspecified atom stereocenters. The highest BCUT2D eigenvalue weighted by Crippen LogP contribution is 2.46. The Kier molecular flexibility index (Phi) is 3.66. The van der Waals surface area contributed by atoms with E-state index in [0.29, 0.717) is 16.2 Å². The molecule has 1 N–H and O–H groups in total. The van der Waals surface area contributed by atoms with Crippen molar-refractivity contribution in [3.63, 3.8) is 0 Å². The number of allylic oxidation sites excluding steroid dienone is 4. The van der Waals surface area contributed by atoms with Crippen molar-refractivity contribution < 1.29 is 0 Å². The predicted octanol–water partition coefficient (Wildman–Crippen LogP) is 4.84. The first-order chi connectivity index (χ1) is 10.6. The summed E-state index contributed by atoms with van der Waals surface area (Å²) in [4.78, 5) is 0.858. The summed E-state index contributed by atoms with van der Waals surface area (Å²) in [5.74, 6) is -0.388. The summed E-state index contributed by atoms with van der Waals surface area (Å²) in [6.45, 7) is 3.70. The predicted molar refractivity (Wildman–Crippen MR) is 89.3 cm³/mol. The Morgan fingerprint density at radius 3 is 2.23 bits per heavy atom. The third kappa shape index (κ3) is 2.09. The average Bonchev–Trinajstić information content (AvgIpc) is 2.84. The number of benzene rings is 1. The first kappa shape index (κ1) is 14.7. The van der Waals surface area contributed by atoms with E-state index >= 15 is 0 Å². The van der Waals surface area contributed by atoms with E-state index in [2.05, 4.69) is 17.5 Å². The number of dihydropyridines is 1. The molecule has 0 spiro atoms. The van der Waals surface area contributed by atoms with E-state index in [1.165, 1.54) is 0 Å². The van der Waals surface area contributed by atoms with Gasteiger partial charge in [-0.05, 0) is 19.9 Å². The zero-order chi connectivity index (χ0) is 15.9. The maximum Gasteiger partial charge on any atom is 0.0976 e. The monoisotopic (exact) mass is 325 g/mol. The van der Waals surface area contributed by atoms with Crippen molar-refractivity contribution in [2.45, 2.75) is 19.8 Å². The molecule has 0 aliphatic carbocycles. The Labute approximate surface area is 137 Å². The van der Waals surface area contributed by atoms with E-state index in [0.717, 1.165) is 26.4 Å². The van der Waals surface area contributed by atoms with Crippen molar-refractivity contribution in [1.29, 1.82) is 10.5 Å². The van der Waals surface area contributed by atoms with Gasteiger partial charge in [-0.25, -0.2) is 0 Å². The molecule has 0 radical (unpaired) electrons. The van der Waals surface area contributed by atoms with Crippen LogP contribution in [0.5, 0.6) is 0 Å². The molecule has 1 aliphatic rings. The van der Waals surface area contributed by atoms with Gasteiger partial charge in [0.1, 0.15) is 0 Å². The third-order valence-electron chi connectivity index (χ3n) is 3.82. The minimum absolute atomic E-state index is 0.388. The molecule has 0 bridgehead atoms. The van der Waals surface area contributed by atoms with Crippen LogP contribution in [-0.4, -0.2) is 0 Å². The van der Waals surface area contributed by atoms with Crippen molar-refractivity contribution in [2.24, 2.45) is 0 Å². The SMILES string of the molecule is CC1=C(C#N)C(c2sc3ccccc3c2Cl)C(C#N)=C(C)N1. The van der Waals surface area contributed by atoms with E-state index < -0.39 is 0 Å². The molecule has 0 saturated heterocycles. The summed E-state index contributed by atoms with van der Waals surface area (Å²) < 4.78 is 1.06. The van der Waals surface area contributed by atoms with Crippen molar-refractivity contribution in [3.05, 3.63) is 56.7 Å². The standard InChI is InChI=1S/C17H12ClN3S/c1-9-12(7-19)15(13(8-20)10(2)21-9)17-16(18)11-5-3-4-6-14(11)22-17/h3-6,15,21H,1-2H3. The van der Waals surface area contributed by atoms with Crippen LogP contribution in [0.4, 0.5) is 0 Å². The topological polar surface area (TPSA) is 59.6 Å². The highest BCUT2D eigenvalue weighted by atomic mass is 35.5. The Bertz CT molecular complexity index is 886. The molecule has 108 valence electrons. The lowest BCUT2D eigenvalue weighted by atomic mass is 9.85. The largest absolute Gasteiger partial charge is 0.361 e. The number of hydrogen-bond acceptors (Lipinski definition) is 4. The van der Waals surface area contributed by atoms with E-state index in [9.17, 15) is 10.5 Å². The highest BCUT2D eigenvalue weighted by molar-refractivity contribution is 7.20. The molecule has 0 saturated carbocycles. The molecule has 0 fully saturated rings. The maximum absolute atomic E-state index is 9.54. The molecule has 2 aromatic rings. The second-order valence-electron chi connectivity index (χ2n) is 5.14. The van der Waals surface area contributed by atoms with E-state index in [1.54, 1.807) is 11.3 Å². The summed E-state index contributed by atoms with van der Waals surface area (Å²) in [6, 6.07) is 12.3. The lowest BCUT2D eigenvalue weighted by molar-refractivity contribution is 0.823. The molecule has 5 heteroatoms. The number of rotatable bonds is 1. The smallest absolute Gasteiger partial charge is 0.0976 e. The molecular weight excluding hydrogens is 314 g/mol. The van der Waals surface area contributed by atoms with Gasteiger partial charge in [0.15, 0.2) is 0 Å². The van der Waals surface area contributed by atoms with Crippen molar-refractivity contribution >= 4 is 33.0 Å². The second kappa shape index (κ2) is 5.50. The summed E-state index contributed by atoms with van der Waals surface area (Å²) >= 11 is 8.10. The fourth-order valence-electron chi connectivity index (χ4n) is 2.77. The molecule has 3 rings (SSSR count). The van der Waals surface area contributed by atoms with Gasteiger partial charge in [0.2, 0.25) is 0 Å². The number of thiophene rings is 1. The van der Waals surface area contributed by atoms with E-state index in [-0.39, 0.29) is 5.92 Å². The van der Waals surface area contributed by atoms with Gasteiger partial charge in [-0.3, -0.25) is 0 Å². The summed E-state index contributed by atoms with van der Waals surface area (Å²) in [6.07, 6.45) is 0. The number of nitriles is 2. The Hall–Kier alpha value is -2.27. The summed E-state index contributed by atoms with van der Waals surface area (Å²) in [5, 5.41) is 23.8. The molecule has 2 heterocycles. The summed E-state index contributed by atoms with van der Waals surface area (Å²) in [5.41, 5.74) is 2.65. The van der Waals surface area contributed by atoms with Gasteiger partial charge in [0.25, 0.3) is 0 Å². The molecular formula is C17H12ClN3S. The number of fused-ring (bicyclic) bond motifs is 1. The number of nitrogens with zero attached hydrogens (tertiary/aromatic N) is 2. The van der Waals surface area contributed by atoms with Gasteiger partial charge in [0.05, 0.1) is 34.2 Å². The van der Waals surface area contributed by atoms with Gasteiger partial charge < -0.3 is 5.32 Å². The first-order valence-corrected chi connectivity index (χ1v) is 7.93. The molecule has 3 nitrogen and oxygen atoms in total. The molecule has 1 aromatic heterocycles. The maximum atomic E-state index is 9.54. The Morgan fingerprint density at radius 1 is 1.09 bits per heavy atom. The second-order valence-corrected chi connectivity index (χ2v) is 6.60. The molecule has 0 atom stereocenters. The normalized spacial score (nSPS) is 15.7. The van der Waals surface area contributed by atoms with Crippen LogP contribution in [0.3, 0.4) is 0 Å². The van der Waals surface area contributed by atoms with Crippen LogP contribution in [0.1, 0.15) is 24.6 Å². The van der Waals surface area contributed by atoms with Crippen molar-refractivity contribution in [3.8, 4) is 12.1 Å². The third-order valence-corrected chi connectivity index (χ3v) is 5.58. The van der Waals surface area contributed by atoms with Crippen LogP contribution in [-0.2, 0) is 0 Å². The van der Waals surface area contributed by atoms with Gasteiger partial charge >= 0.3 is 0 Å². The van der Waals surface area contributed by atoms with Gasteiger partial charge in [-0.1, -0.05) is 29.8 Å². The first-order valence-electron chi connectivity index (χ1n) is 6.74. The lowest BCUT2D eigenvalue weighted by Gasteiger charge is -2.25. The summed E-state index contributed by atoms with van der Waals surface area (Å²) in [7, 11) is 0. The zero-order valence-corrected chi connectivity index (χ0v) is 13.6. The van der Waals surface area contributed by atoms with Crippen LogP contribution in [0.25, 0.3) is 10.1 Å². The Morgan fingerprint density at radius 2 is 1.68 bits per heavy atom. The van der Waals surface area contributed by atoms with Crippen LogP contribution in [0.15, 0.2) is 46.8 Å². The highest BCUT2D eigenvalue weighted by Gasteiger charge is 2.32. The molecule has 1 aromatic carbocycles. The van der Waals surface area contributed by atoms with E-state index in [4.69, 9.17) is 11.6 Å². The number of halogens is 1. The minimum Gasteiger partial charge on any atom is -0.361 e. The number of nitrogens with one attached hydrogen (secondary N) is 1. The molecule has 0 amide bonds. The zero-order valence-electron chi connectivity index (χ0n) is 12.1. The average molecular weight is 326 g/mol. The fraction of sp³-hybridized carbons (Fsp3) is 0.176. The Balaban J connectivity index is 2.30. The lowest BCUT2D eigenvalue weighted by Crippen LogP contribution is -2.23. The molecule has 1 aliphatic heterocycles. The molecule has 22 heavy (non-hydrogen) atoms. The van der Waals surface area contributed by atoms with E-state index in [1.807, 2.05) is 38.1 Å². The quantitative estimate of drug-likeness (QED) is 0.816. The fourth-order valence-corrected chi connectivity index (χ4v) is 4.43. The number of hydrogen-bond donors (Lipinski definition) is 1. The van der Waals surface area contributed by atoms with Crippen LogP contribution >= 0.6 is 22.9 Å². The van der Waals surface area contributed by atoms with Crippen LogP contribution < -0.4 is 5.32 Å². The van der Waals surface area contributed by atoms with Crippen molar-refractivity contribution in [1.82, 2.24) is 5.32 Å². The minimum atomic E-state index is -0.388. The van der Waals surface area contributed by atoms with Crippen LogP contribution in [0.2, 0.25) is 5.02 Å². The van der Waals surface area contributed by atoms with Gasteiger partial charge in [-0.15, -0.1) is 11.3 Å². The van der Waals surface area contributed by atoms with Crippen LogP contribution in [0, 0.1) is 22.7 Å². The van der Waals surface area contributed by atoms with Gasteiger partial charge in [-0.2, -0.15) is 10.5 Å². The van der Waals surface area contributed by atoms with Gasteiger partial charge in [0, 0.05) is 26.4 Å². The van der Waals surface area contributed by atoms with Crippen molar-refractivity contribution in [2.75, 3.05) is 0 Å².